The Kier molecular flexibility index (Phi) is 13.8. The van der Waals surface area contributed by atoms with Gasteiger partial charge >= 0.3 is 0 Å². The Labute approximate surface area is 93.0 Å². The molecule has 1 radical (unpaired) electrons. The van der Waals surface area contributed by atoms with E-state index in [9.17, 15) is 0 Å². The van der Waals surface area contributed by atoms with Gasteiger partial charge in [-0.3, -0.25) is 0 Å². The average Bonchev–Trinajstić information content (AvgIpc) is 2.21. The van der Waals surface area contributed by atoms with E-state index in [0.29, 0.717) is 0 Å². The molecule has 0 unspecified atom stereocenters. The summed E-state index contributed by atoms with van der Waals surface area (Å²) < 4.78 is 0. The van der Waals surface area contributed by atoms with Crippen molar-refractivity contribution in [3.05, 3.63) is 0 Å². The van der Waals surface area contributed by atoms with Gasteiger partial charge in [0, 0.05) is 0 Å². The van der Waals surface area contributed by atoms with Gasteiger partial charge in [-0.05, 0) is 25.2 Å². The molecule has 0 saturated heterocycles. The first-order chi connectivity index (χ1) is 6.91. The third kappa shape index (κ3) is 12.4. The number of unbranched alkanes of at least 4 members (excludes halogenated alkanes) is 7. The fraction of sp³-hybridized carbons (Fsp3) is 1.00. The van der Waals surface area contributed by atoms with Crippen LogP contribution in [0, 0.1) is 0 Å². The lowest BCUT2D eigenvalue weighted by atomic mass is 10.2. The summed E-state index contributed by atoms with van der Waals surface area (Å²) >= 11 is 0. The summed E-state index contributed by atoms with van der Waals surface area (Å²) in [6.45, 7) is 4.57. The van der Waals surface area contributed by atoms with Crippen molar-refractivity contribution in [1.29, 1.82) is 0 Å². The van der Waals surface area contributed by atoms with Crippen molar-refractivity contribution in [2.75, 3.05) is 12.3 Å². The average molecular weight is 215 g/mol. The van der Waals surface area contributed by atoms with Gasteiger partial charge < -0.3 is 0 Å². The summed E-state index contributed by atoms with van der Waals surface area (Å²) in [5, 5.41) is 0. The highest BCUT2D eigenvalue weighted by Crippen LogP contribution is 2.17. The van der Waals surface area contributed by atoms with Crippen LogP contribution in [0.15, 0.2) is 0 Å². The zero-order valence-electron chi connectivity index (χ0n) is 10.2. The molecule has 14 heavy (non-hydrogen) atoms. The maximum Gasteiger partial charge on any atom is -0.0287 e. The van der Waals surface area contributed by atoms with Crippen LogP contribution in [0.5, 0.6) is 0 Å². The van der Waals surface area contributed by atoms with Gasteiger partial charge in [-0.15, -0.1) is 0 Å². The van der Waals surface area contributed by atoms with E-state index in [1.807, 2.05) is 0 Å². The topological polar surface area (TPSA) is 0 Å². The minimum absolute atomic E-state index is 1.37. The Balaban J connectivity index is 2.78. The first-order valence-electron chi connectivity index (χ1n) is 6.55. The van der Waals surface area contributed by atoms with Gasteiger partial charge in [0.2, 0.25) is 0 Å². The summed E-state index contributed by atoms with van der Waals surface area (Å²) in [6, 6.07) is 0. The molecule has 0 aromatic carbocycles. The van der Waals surface area contributed by atoms with E-state index in [-0.39, 0.29) is 0 Å². The van der Waals surface area contributed by atoms with Crippen LogP contribution in [0.2, 0.25) is 0 Å². The van der Waals surface area contributed by atoms with Crippen molar-refractivity contribution in [3.8, 4) is 0 Å². The number of hydrogen-bond acceptors (Lipinski definition) is 0. The summed E-state index contributed by atoms with van der Waals surface area (Å²) in [5.74, 6) is 0. The molecule has 0 aromatic heterocycles. The SMILES string of the molecule is CCCCCCC[P]CCCCCC. The molecule has 0 fully saturated rings. The van der Waals surface area contributed by atoms with E-state index < -0.39 is 0 Å². The molecular formula is C13H28P. The molecule has 85 valence electrons. The van der Waals surface area contributed by atoms with Gasteiger partial charge in [0.25, 0.3) is 0 Å². The Hall–Kier alpha value is 0.430. The zero-order valence-corrected chi connectivity index (χ0v) is 11.1. The number of hydrogen-bond donors (Lipinski definition) is 0. The summed E-state index contributed by atoms with van der Waals surface area (Å²) in [4.78, 5) is 0. The third-order valence-electron chi connectivity index (χ3n) is 2.59. The molecule has 0 nitrogen and oxygen atoms in total. The molecule has 0 rings (SSSR count). The van der Waals surface area contributed by atoms with Crippen molar-refractivity contribution in [3.63, 3.8) is 0 Å². The van der Waals surface area contributed by atoms with E-state index in [1.165, 1.54) is 70.1 Å². The van der Waals surface area contributed by atoms with Crippen LogP contribution in [0.4, 0.5) is 0 Å². The molecule has 0 aromatic rings. The highest BCUT2D eigenvalue weighted by Gasteiger charge is 1.92. The minimum Gasteiger partial charge on any atom is -0.0810 e. The van der Waals surface area contributed by atoms with E-state index in [1.54, 1.807) is 8.58 Å². The van der Waals surface area contributed by atoms with Crippen molar-refractivity contribution >= 4 is 8.58 Å². The molecule has 0 aliphatic carbocycles. The lowest BCUT2D eigenvalue weighted by Crippen LogP contribution is -1.83. The van der Waals surface area contributed by atoms with Gasteiger partial charge in [0.05, 0.1) is 0 Å². The summed E-state index contributed by atoms with van der Waals surface area (Å²) in [5.41, 5.74) is 0. The molecule has 0 spiro atoms. The van der Waals surface area contributed by atoms with E-state index >= 15 is 0 Å². The quantitative estimate of drug-likeness (QED) is 0.316. The third-order valence-corrected chi connectivity index (χ3v) is 3.85. The molecule has 0 aliphatic rings. The van der Waals surface area contributed by atoms with E-state index in [4.69, 9.17) is 0 Å². The standard InChI is InChI=1S/C13H28P/c1-3-5-7-9-11-13-14-12-10-8-6-4-2/h3-13H2,1-2H3. The smallest absolute Gasteiger partial charge is 0.0287 e. The van der Waals surface area contributed by atoms with Gasteiger partial charge in [0.1, 0.15) is 0 Å². The number of rotatable bonds is 11. The minimum atomic E-state index is 1.37. The molecule has 0 heterocycles. The Morgan fingerprint density at radius 3 is 1.50 bits per heavy atom. The first-order valence-corrected chi connectivity index (χ1v) is 7.81. The lowest BCUT2D eigenvalue weighted by Gasteiger charge is -2.01. The largest absolute Gasteiger partial charge is 0.0810 e. The van der Waals surface area contributed by atoms with Gasteiger partial charge in [-0.25, -0.2) is 0 Å². The summed E-state index contributed by atoms with van der Waals surface area (Å²) in [7, 11) is 1.71. The monoisotopic (exact) mass is 215 g/mol. The van der Waals surface area contributed by atoms with Crippen LogP contribution in [0.1, 0.15) is 71.6 Å². The predicted molar refractivity (Wildman–Crippen MR) is 69.6 cm³/mol. The fourth-order valence-electron chi connectivity index (χ4n) is 1.59. The summed E-state index contributed by atoms with van der Waals surface area (Å²) in [6.07, 6.45) is 15.8. The van der Waals surface area contributed by atoms with Crippen LogP contribution in [-0.2, 0) is 0 Å². The fourth-order valence-corrected chi connectivity index (χ4v) is 2.71. The second-order valence-electron chi connectivity index (χ2n) is 4.15. The van der Waals surface area contributed by atoms with Crippen molar-refractivity contribution < 1.29 is 0 Å². The van der Waals surface area contributed by atoms with Crippen LogP contribution in [0.25, 0.3) is 0 Å². The maximum absolute atomic E-state index is 2.28. The molecule has 0 saturated carbocycles. The van der Waals surface area contributed by atoms with Gasteiger partial charge in [-0.1, -0.05) is 67.4 Å². The zero-order chi connectivity index (χ0) is 10.5. The molecule has 0 bridgehead atoms. The Morgan fingerprint density at radius 1 is 0.571 bits per heavy atom. The van der Waals surface area contributed by atoms with E-state index in [0.717, 1.165) is 0 Å². The Morgan fingerprint density at radius 2 is 1.00 bits per heavy atom. The molecule has 0 N–H and O–H groups in total. The van der Waals surface area contributed by atoms with Gasteiger partial charge in [0.15, 0.2) is 0 Å². The molecular weight excluding hydrogens is 187 g/mol. The first kappa shape index (κ1) is 14.4. The molecule has 1 heteroatoms. The second kappa shape index (κ2) is 13.4. The van der Waals surface area contributed by atoms with E-state index in [2.05, 4.69) is 13.8 Å². The molecule has 0 aliphatic heterocycles. The van der Waals surface area contributed by atoms with Crippen LogP contribution >= 0.6 is 8.58 Å². The van der Waals surface area contributed by atoms with Gasteiger partial charge in [-0.2, -0.15) is 0 Å². The molecule has 0 amide bonds. The molecule has 0 atom stereocenters. The van der Waals surface area contributed by atoms with Crippen LogP contribution in [0.3, 0.4) is 0 Å². The van der Waals surface area contributed by atoms with Crippen molar-refractivity contribution in [1.82, 2.24) is 0 Å². The highest BCUT2D eigenvalue weighted by atomic mass is 31.1. The highest BCUT2D eigenvalue weighted by molar-refractivity contribution is 7.37. The van der Waals surface area contributed by atoms with Crippen molar-refractivity contribution in [2.45, 2.75) is 71.6 Å². The second-order valence-corrected chi connectivity index (χ2v) is 5.49. The Bertz CT molecular complexity index is 79.2. The van der Waals surface area contributed by atoms with Crippen LogP contribution < -0.4 is 0 Å². The maximum atomic E-state index is 2.28. The van der Waals surface area contributed by atoms with Crippen LogP contribution in [-0.4, -0.2) is 12.3 Å². The normalized spacial score (nSPS) is 11.6. The predicted octanol–water partition coefficient (Wildman–Crippen LogP) is 5.48. The van der Waals surface area contributed by atoms with Crippen molar-refractivity contribution in [2.24, 2.45) is 0 Å². The lowest BCUT2D eigenvalue weighted by molar-refractivity contribution is 0.658.